The predicted octanol–water partition coefficient (Wildman–Crippen LogP) is 1.80. The van der Waals surface area contributed by atoms with Crippen LogP contribution < -0.4 is 11.3 Å². The Bertz CT molecular complexity index is 359. The molecule has 7 heteroatoms. The van der Waals surface area contributed by atoms with E-state index in [1.807, 2.05) is 0 Å². The largest absolute Gasteiger partial charge is 0.377 e. The van der Waals surface area contributed by atoms with Crippen molar-refractivity contribution in [2.75, 3.05) is 17.8 Å². The van der Waals surface area contributed by atoms with E-state index in [1.54, 1.807) is 11.8 Å². The zero-order valence-corrected chi connectivity index (χ0v) is 11.1. The first-order valence-electron chi connectivity index (χ1n) is 5.02. The van der Waals surface area contributed by atoms with Crippen LogP contribution in [0.15, 0.2) is 15.8 Å². The van der Waals surface area contributed by atoms with Gasteiger partial charge in [-0.1, -0.05) is 0 Å². The molecule has 3 N–H and O–H groups in total. The number of hydrogen-bond donors (Lipinski definition) is 2. The lowest BCUT2D eigenvalue weighted by Gasteiger charge is -2.10. The van der Waals surface area contributed by atoms with Gasteiger partial charge in [0.15, 0.2) is 5.82 Å². The summed E-state index contributed by atoms with van der Waals surface area (Å²) in [6.45, 7) is 0.881. The first-order valence-corrected chi connectivity index (χ1v) is 6.80. The molecule has 0 saturated carbocycles. The molecule has 0 radical (unpaired) electrons. The minimum absolute atomic E-state index is 0.348. The van der Waals surface area contributed by atoms with Crippen molar-refractivity contribution in [2.45, 2.75) is 24.0 Å². The smallest absolute Gasteiger partial charge is 0.158 e. The van der Waals surface area contributed by atoms with Gasteiger partial charge in [-0.05, 0) is 28.8 Å². The molecule has 2 heterocycles. The Morgan fingerprint density at radius 1 is 1.62 bits per heavy atom. The van der Waals surface area contributed by atoms with Crippen LogP contribution in [0.25, 0.3) is 0 Å². The van der Waals surface area contributed by atoms with Gasteiger partial charge in [-0.25, -0.2) is 15.8 Å². The minimum Gasteiger partial charge on any atom is -0.377 e. The number of nitrogen functional groups attached to an aromatic ring is 1. The maximum absolute atomic E-state index is 5.55. The Morgan fingerprint density at radius 3 is 3.19 bits per heavy atom. The molecule has 1 aliphatic rings. The summed E-state index contributed by atoms with van der Waals surface area (Å²) >= 11 is 5.08. The molecule has 1 aliphatic heterocycles. The molecule has 2 rings (SSSR count). The fraction of sp³-hybridized carbons (Fsp3) is 0.556. The van der Waals surface area contributed by atoms with E-state index in [9.17, 15) is 0 Å². The summed E-state index contributed by atoms with van der Waals surface area (Å²) in [4.78, 5) is 8.20. The monoisotopic (exact) mass is 304 g/mol. The second-order valence-electron chi connectivity index (χ2n) is 3.43. The van der Waals surface area contributed by atoms with Crippen molar-refractivity contribution < 1.29 is 4.74 Å². The second kappa shape index (κ2) is 5.81. The molecule has 0 spiro atoms. The summed E-state index contributed by atoms with van der Waals surface area (Å²) in [5.41, 5.74) is 2.52. The van der Waals surface area contributed by atoms with Gasteiger partial charge in [0.25, 0.3) is 0 Å². The standard InChI is InChI=1S/C9H13BrN4OS/c10-7-8(14-11)12-5-13-9(7)16-4-6-2-1-3-15-6/h5-6H,1-4,11H2,(H,12,13,14). The highest BCUT2D eigenvalue weighted by molar-refractivity contribution is 9.10. The molecule has 1 atom stereocenters. The van der Waals surface area contributed by atoms with Crippen molar-refractivity contribution in [1.82, 2.24) is 9.97 Å². The molecule has 0 aromatic carbocycles. The third-order valence-electron chi connectivity index (χ3n) is 2.32. The molecular formula is C9H13BrN4OS. The Hall–Kier alpha value is -0.370. The van der Waals surface area contributed by atoms with Crippen molar-refractivity contribution in [1.29, 1.82) is 0 Å². The van der Waals surface area contributed by atoms with E-state index in [1.165, 1.54) is 6.33 Å². The number of hydrogen-bond acceptors (Lipinski definition) is 6. The van der Waals surface area contributed by atoms with Gasteiger partial charge >= 0.3 is 0 Å². The topological polar surface area (TPSA) is 73.1 Å². The Kier molecular flexibility index (Phi) is 4.39. The van der Waals surface area contributed by atoms with E-state index >= 15 is 0 Å². The van der Waals surface area contributed by atoms with Crippen LogP contribution >= 0.6 is 27.7 Å². The van der Waals surface area contributed by atoms with Crippen LogP contribution in [0, 0.1) is 0 Å². The predicted molar refractivity (Wildman–Crippen MR) is 67.2 cm³/mol. The molecule has 1 aromatic heterocycles. The number of nitrogens with one attached hydrogen (secondary N) is 1. The fourth-order valence-electron chi connectivity index (χ4n) is 1.50. The fourth-order valence-corrected chi connectivity index (χ4v) is 3.12. The molecule has 88 valence electrons. The average Bonchev–Trinajstić information content (AvgIpc) is 2.81. The number of nitrogens with zero attached hydrogens (tertiary/aromatic N) is 2. The summed E-state index contributed by atoms with van der Waals surface area (Å²) < 4.78 is 6.36. The molecule has 1 saturated heterocycles. The van der Waals surface area contributed by atoms with E-state index in [4.69, 9.17) is 10.6 Å². The summed E-state index contributed by atoms with van der Waals surface area (Å²) in [5.74, 6) is 6.85. The van der Waals surface area contributed by atoms with Crippen LogP contribution in [0.1, 0.15) is 12.8 Å². The van der Waals surface area contributed by atoms with Crippen molar-refractivity contribution in [2.24, 2.45) is 5.84 Å². The number of nitrogens with two attached hydrogens (primary N) is 1. The minimum atomic E-state index is 0.348. The van der Waals surface area contributed by atoms with Crippen molar-refractivity contribution >= 4 is 33.5 Å². The summed E-state index contributed by atoms with van der Waals surface area (Å²) in [7, 11) is 0. The highest BCUT2D eigenvalue weighted by Gasteiger charge is 2.17. The van der Waals surface area contributed by atoms with Crippen molar-refractivity contribution in [3.05, 3.63) is 10.8 Å². The van der Waals surface area contributed by atoms with Gasteiger partial charge in [-0.15, -0.1) is 11.8 Å². The van der Waals surface area contributed by atoms with Gasteiger partial charge in [-0.2, -0.15) is 0 Å². The van der Waals surface area contributed by atoms with E-state index in [0.717, 1.165) is 34.7 Å². The number of rotatable bonds is 4. The molecule has 0 aliphatic carbocycles. The number of halogens is 1. The quantitative estimate of drug-likeness (QED) is 0.382. The van der Waals surface area contributed by atoms with E-state index in [0.29, 0.717) is 11.9 Å². The first kappa shape index (κ1) is 12.1. The normalized spacial score (nSPS) is 20.0. The van der Waals surface area contributed by atoms with Crippen LogP contribution in [-0.4, -0.2) is 28.4 Å². The number of aromatic nitrogens is 2. The highest BCUT2D eigenvalue weighted by Crippen LogP contribution is 2.31. The van der Waals surface area contributed by atoms with Gasteiger partial charge in [0.2, 0.25) is 0 Å². The number of thioether (sulfide) groups is 1. The lowest BCUT2D eigenvalue weighted by Crippen LogP contribution is -2.11. The maximum atomic E-state index is 5.55. The Morgan fingerprint density at radius 2 is 2.50 bits per heavy atom. The van der Waals surface area contributed by atoms with E-state index in [-0.39, 0.29) is 0 Å². The molecule has 0 bridgehead atoms. The molecule has 1 aromatic rings. The van der Waals surface area contributed by atoms with Gasteiger partial charge in [0.05, 0.1) is 10.6 Å². The highest BCUT2D eigenvalue weighted by atomic mass is 79.9. The van der Waals surface area contributed by atoms with E-state index in [2.05, 4.69) is 31.3 Å². The second-order valence-corrected chi connectivity index (χ2v) is 5.23. The summed E-state index contributed by atoms with van der Waals surface area (Å²) in [6.07, 6.45) is 4.14. The Balaban J connectivity index is 1.97. The average molecular weight is 305 g/mol. The zero-order valence-electron chi connectivity index (χ0n) is 8.65. The third kappa shape index (κ3) is 2.85. The Labute approximate surface area is 107 Å². The van der Waals surface area contributed by atoms with Crippen LogP contribution in [0.4, 0.5) is 5.82 Å². The van der Waals surface area contributed by atoms with Crippen molar-refractivity contribution in [3.63, 3.8) is 0 Å². The molecule has 5 nitrogen and oxygen atoms in total. The van der Waals surface area contributed by atoms with Crippen molar-refractivity contribution in [3.8, 4) is 0 Å². The summed E-state index contributed by atoms with van der Waals surface area (Å²) in [6, 6.07) is 0. The van der Waals surface area contributed by atoms with Crippen LogP contribution in [-0.2, 0) is 4.74 Å². The summed E-state index contributed by atoms with van der Waals surface area (Å²) in [5, 5.41) is 0.887. The SMILES string of the molecule is NNc1ncnc(SCC2CCCO2)c1Br. The molecule has 0 amide bonds. The zero-order chi connectivity index (χ0) is 11.4. The lowest BCUT2D eigenvalue weighted by atomic mass is 10.3. The van der Waals surface area contributed by atoms with E-state index < -0.39 is 0 Å². The molecular weight excluding hydrogens is 292 g/mol. The number of hydrazine groups is 1. The maximum Gasteiger partial charge on any atom is 0.158 e. The number of anilines is 1. The van der Waals surface area contributed by atoms with Gasteiger partial charge in [0.1, 0.15) is 11.4 Å². The molecule has 1 fully saturated rings. The first-order chi connectivity index (χ1) is 7.81. The number of ether oxygens (including phenoxy) is 1. The van der Waals surface area contributed by atoms with Crippen LogP contribution in [0.5, 0.6) is 0 Å². The van der Waals surface area contributed by atoms with Gasteiger partial charge in [-0.3, -0.25) is 0 Å². The lowest BCUT2D eigenvalue weighted by molar-refractivity contribution is 0.129. The molecule has 1 unspecified atom stereocenters. The third-order valence-corrected chi connectivity index (χ3v) is 4.46. The van der Waals surface area contributed by atoms with Crippen LogP contribution in [0.2, 0.25) is 0 Å². The van der Waals surface area contributed by atoms with Gasteiger partial charge < -0.3 is 10.2 Å². The van der Waals surface area contributed by atoms with Gasteiger partial charge in [0, 0.05) is 12.4 Å². The van der Waals surface area contributed by atoms with Crippen LogP contribution in [0.3, 0.4) is 0 Å². The molecule has 16 heavy (non-hydrogen) atoms.